The van der Waals surface area contributed by atoms with E-state index >= 15 is 0 Å². The maximum Gasteiger partial charge on any atom is 0.152 e. The Labute approximate surface area is 73.5 Å². The van der Waals surface area contributed by atoms with E-state index in [1.807, 2.05) is 6.92 Å². The number of hydrogen-bond acceptors (Lipinski definition) is 3. The number of hydrogen-bond donors (Lipinski definition) is 1. The summed E-state index contributed by atoms with van der Waals surface area (Å²) in [4.78, 5) is 0. The minimum absolute atomic E-state index is 0.125. The molecular weight excluding hydrogens is 174 g/mol. The highest BCUT2D eigenvalue weighted by Crippen LogP contribution is 2.28. The SMILES string of the molecule is CC1(NC2CC2)CCS(=O)(=O)C1. The topological polar surface area (TPSA) is 46.2 Å². The molecule has 2 aliphatic rings. The molecule has 3 nitrogen and oxygen atoms in total. The Balaban J connectivity index is 2.03. The van der Waals surface area contributed by atoms with E-state index in [1.54, 1.807) is 0 Å². The maximum atomic E-state index is 11.2. The zero-order valence-electron chi connectivity index (χ0n) is 7.34. The van der Waals surface area contributed by atoms with Gasteiger partial charge in [-0.05, 0) is 26.2 Å². The molecule has 0 bridgehead atoms. The van der Waals surface area contributed by atoms with Gasteiger partial charge in [-0.1, -0.05) is 0 Å². The standard InChI is InChI=1S/C8H15NO2S/c1-8(9-7-2-3-7)4-5-12(10,11)6-8/h7,9H,2-6H2,1H3. The fraction of sp³-hybridized carbons (Fsp3) is 1.00. The van der Waals surface area contributed by atoms with Gasteiger partial charge in [-0.2, -0.15) is 0 Å². The van der Waals surface area contributed by atoms with Crippen LogP contribution < -0.4 is 5.32 Å². The van der Waals surface area contributed by atoms with E-state index in [0.717, 1.165) is 6.42 Å². The smallest absolute Gasteiger partial charge is 0.152 e. The fourth-order valence-electron chi connectivity index (χ4n) is 1.84. The molecule has 1 unspecified atom stereocenters. The van der Waals surface area contributed by atoms with Gasteiger partial charge in [-0.25, -0.2) is 8.42 Å². The minimum atomic E-state index is -2.73. The molecule has 0 spiro atoms. The van der Waals surface area contributed by atoms with Gasteiger partial charge in [0.25, 0.3) is 0 Å². The molecule has 1 atom stereocenters. The van der Waals surface area contributed by atoms with Crippen LogP contribution in [0.2, 0.25) is 0 Å². The lowest BCUT2D eigenvalue weighted by atomic mass is 10.0. The first kappa shape index (κ1) is 8.51. The third-order valence-corrected chi connectivity index (χ3v) is 4.54. The van der Waals surface area contributed by atoms with Gasteiger partial charge < -0.3 is 5.32 Å². The van der Waals surface area contributed by atoms with Crippen molar-refractivity contribution in [2.45, 2.75) is 37.8 Å². The van der Waals surface area contributed by atoms with E-state index in [4.69, 9.17) is 0 Å². The van der Waals surface area contributed by atoms with Crippen molar-refractivity contribution in [3.05, 3.63) is 0 Å². The van der Waals surface area contributed by atoms with Crippen molar-refractivity contribution in [3.63, 3.8) is 0 Å². The van der Waals surface area contributed by atoms with Crippen LogP contribution in [0, 0.1) is 0 Å². The second-order valence-corrected chi connectivity index (χ2v) is 6.51. The Morgan fingerprint density at radius 1 is 1.42 bits per heavy atom. The van der Waals surface area contributed by atoms with Crippen LogP contribution >= 0.6 is 0 Å². The van der Waals surface area contributed by atoms with Gasteiger partial charge in [0.15, 0.2) is 9.84 Å². The molecule has 1 aliphatic heterocycles. The van der Waals surface area contributed by atoms with Crippen molar-refractivity contribution in [2.24, 2.45) is 0 Å². The fourth-order valence-corrected chi connectivity index (χ4v) is 3.95. The van der Waals surface area contributed by atoms with Crippen molar-refractivity contribution in [1.82, 2.24) is 5.32 Å². The number of sulfone groups is 1. The molecule has 4 heteroatoms. The van der Waals surface area contributed by atoms with Gasteiger partial charge in [-0.15, -0.1) is 0 Å². The Morgan fingerprint density at radius 2 is 2.08 bits per heavy atom. The summed E-state index contributed by atoms with van der Waals surface area (Å²) >= 11 is 0. The molecule has 0 amide bonds. The minimum Gasteiger partial charge on any atom is -0.308 e. The van der Waals surface area contributed by atoms with Crippen molar-refractivity contribution in [2.75, 3.05) is 11.5 Å². The highest BCUT2D eigenvalue weighted by Gasteiger charge is 2.41. The van der Waals surface area contributed by atoms with E-state index in [-0.39, 0.29) is 5.54 Å². The molecule has 2 fully saturated rings. The lowest BCUT2D eigenvalue weighted by Crippen LogP contribution is -2.44. The van der Waals surface area contributed by atoms with E-state index in [1.165, 1.54) is 12.8 Å². The van der Waals surface area contributed by atoms with E-state index in [0.29, 0.717) is 17.5 Å². The first-order chi connectivity index (χ1) is 5.49. The molecule has 0 aromatic carbocycles. The van der Waals surface area contributed by atoms with Gasteiger partial charge >= 0.3 is 0 Å². The van der Waals surface area contributed by atoms with Crippen LogP contribution in [-0.4, -0.2) is 31.5 Å². The van der Waals surface area contributed by atoms with E-state index in [2.05, 4.69) is 5.32 Å². The highest BCUT2D eigenvalue weighted by molar-refractivity contribution is 7.91. The van der Waals surface area contributed by atoms with Crippen molar-refractivity contribution < 1.29 is 8.42 Å². The van der Waals surface area contributed by atoms with Crippen LogP contribution in [0.3, 0.4) is 0 Å². The molecule has 1 saturated heterocycles. The molecule has 1 saturated carbocycles. The monoisotopic (exact) mass is 189 g/mol. The summed E-state index contributed by atoms with van der Waals surface area (Å²) in [5, 5.41) is 3.41. The number of nitrogens with one attached hydrogen (secondary N) is 1. The highest BCUT2D eigenvalue weighted by atomic mass is 32.2. The lowest BCUT2D eigenvalue weighted by Gasteiger charge is -2.23. The zero-order valence-corrected chi connectivity index (χ0v) is 8.15. The second kappa shape index (κ2) is 2.45. The lowest BCUT2D eigenvalue weighted by molar-refractivity contribution is 0.394. The van der Waals surface area contributed by atoms with Crippen LogP contribution in [0.25, 0.3) is 0 Å². The first-order valence-electron chi connectivity index (χ1n) is 4.47. The first-order valence-corrected chi connectivity index (χ1v) is 6.29. The van der Waals surface area contributed by atoms with Gasteiger partial charge in [0.05, 0.1) is 11.5 Å². The van der Waals surface area contributed by atoms with Crippen molar-refractivity contribution >= 4 is 9.84 Å². The Bertz CT molecular complexity index is 281. The normalized spacial score (nSPS) is 40.1. The Hall–Kier alpha value is -0.0900. The van der Waals surface area contributed by atoms with Gasteiger partial charge in [0, 0.05) is 11.6 Å². The van der Waals surface area contributed by atoms with Crippen LogP contribution in [0.4, 0.5) is 0 Å². The summed E-state index contributed by atoms with van der Waals surface area (Å²) in [6.45, 7) is 2.02. The summed E-state index contributed by atoms with van der Waals surface area (Å²) in [6.07, 6.45) is 3.22. The molecule has 2 rings (SSSR count). The van der Waals surface area contributed by atoms with E-state index < -0.39 is 9.84 Å². The maximum absolute atomic E-state index is 11.2. The molecule has 12 heavy (non-hydrogen) atoms. The van der Waals surface area contributed by atoms with E-state index in [9.17, 15) is 8.42 Å². The summed E-state index contributed by atoms with van der Waals surface area (Å²) in [5.74, 6) is 0.694. The van der Waals surface area contributed by atoms with Crippen molar-refractivity contribution in [3.8, 4) is 0 Å². The average Bonchev–Trinajstić information content (AvgIpc) is 2.62. The summed E-state index contributed by atoms with van der Waals surface area (Å²) < 4.78 is 22.4. The van der Waals surface area contributed by atoms with Crippen LogP contribution in [0.1, 0.15) is 26.2 Å². The number of rotatable bonds is 2. The Kier molecular flexibility index (Phi) is 1.74. The third-order valence-electron chi connectivity index (χ3n) is 2.63. The molecule has 1 aliphatic carbocycles. The molecule has 0 aromatic rings. The third kappa shape index (κ3) is 1.80. The quantitative estimate of drug-likeness (QED) is 0.680. The molecular formula is C8H15NO2S. The van der Waals surface area contributed by atoms with Gasteiger partial charge in [0.2, 0.25) is 0 Å². The zero-order chi connectivity index (χ0) is 8.82. The van der Waals surface area contributed by atoms with Crippen molar-refractivity contribution in [1.29, 1.82) is 0 Å². The van der Waals surface area contributed by atoms with Crippen LogP contribution in [0.15, 0.2) is 0 Å². The summed E-state index contributed by atoms with van der Waals surface area (Å²) in [7, 11) is -2.73. The molecule has 0 radical (unpaired) electrons. The predicted octanol–water partition coefficient (Wildman–Crippen LogP) is 0.316. The summed E-state index contributed by atoms with van der Waals surface area (Å²) in [6, 6.07) is 0.600. The van der Waals surface area contributed by atoms with Crippen LogP contribution in [-0.2, 0) is 9.84 Å². The second-order valence-electron chi connectivity index (χ2n) is 4.32. The largest absolute Gasteiger partial charge is 0.308 e. The molecule has 1 heterocycles. The predicted molar refractivity (Wildman–Crippen MR) is 47.8 cm³/mol. The molecule has 1 N–H and O–H groups in total. The average molecular weight is 189 g/mol. The van der Waals surface area contributed by atoms with Crippen LogP contribution in [0.5, 0.6) is 0 Å². The van der Waals surface area contributed by atoms with Gasteiger partial charge in [-0.3, -0.25) is 0 Å². The molecule has 70 valence electrons. The molecule has 0 aromatic heterocycles. The van der Waals surface area contributed by atoms with Gasteiger partial charge in [0.1, 0.15) is 0 Å². The Morgan fingerprint density at radius 3 is 2.50 bits per heavy atom. The summed E-state index contributed by atoms with van der Waals surface area (Å²) in [5.41, 5.74) is -0.125.